The minimum Gasteiger partial charge on any atom is -0.0644 e. The van der Waals surface area contributed by atoms with E-state index in [1.165, 1.54) is 21.9 Å². The molecule has 2 heteroatoms. The van der Waals surface area contributed by atoms with Gasteiger partial charge in [0.15, 0.2) is 0 Å². The lowest BCUT2D eigenvalue weighted by Crippen LogP contribution is -2.23. The van der Waals surface area contributed by atoms with Crippen molar-refractivity contribution in [1.82, 2.24) is 0 Å². The van der Waals surface area contributed by atoms with Gasteiger partial charge in [0.25, 0.3) is 0 Å². The number of benzene rings is 1. The first-order chi connectivity index (χ1) is 5.04. The Hall–Kier alpha value is -0.346. The van der Waals surface area contributed by atoms with Gasteiger partial charge in [-0.1, -0.05) is 22.0 Å². The first kappa shape index (κ1) is 8.75. The first-order valence-corrected chi connectivity index (χ1v) is 4.58. The summed E-state index contributed by atoms with van der Waals surface area (Å²) in [5, 5.41) is 2.37. The molecule has 0 aromatic heterocycles. The molecule has 0 heterocycles. The standard InChI is InChI=1S/C9H10Si2/c1-5-4-8(10)7(3)9(11)6(5)2/h4H,1-3H3. The molecule has 0 saturated heterocycles. The molecule has 0 unspecified atom stereocenters. The fourth-order valence-corrected chi connectivity index (χ4v) is 1.84. The molecule has 0 atom stereocenters. The third-order valence-corrected chi connectivity index (χ3v) is 3.38. The van der Waals surface area contributed by atoms with Gasteiger partial charge in [-0.2, -0.15) is 0 Å². The highest BCUT2D eigenvalue weighted by Crippen LogP contribution is 2.02. The van der Waals surface area contributed by atoms with E-state index in [9.17, 15) is 0 Å². The van der Waals surface area contributed by atoms with E-state index in [0.29, 0.717) is 0 Å². The molecule has 0 N–H and O–H groups in total. The smallest absolute Gasteiger partial charge is 0.0644 e. The zero-order valence-electron chi connectivity index (χ0n) is 7.08. The lowest BCUT2D eigenvalue weighted by atomic mass is 10.1. The molecule has 0 aliphatic carbocycles. The van der Waals surface area contributed by atoms with Crippen LogP contribution in [-0.2, 0) is 0 Å². The fraction of sp³-hybridized carbons (Fsp3) is 0.333. The Morgan fingerprint density at radius 3 is 2.09 bits per heavy atom. The van der Waals surface area contributed by atoms with Crippen LogP contribution in [0.2, 0.25) is 0 Å². The highest BCUT2D eigenvalue weighted by atomic mass is 28.1. The second-order valence-corrected chi connectivity index (χ2v) is 3.90. The molecule has 6 radical (unpaired) electrons. The van der Waals surface area contributed by atoms with Crippen LogP contribution in [0.4, 0.5) is 0 Å². The van der Waals surface area contributed by atoms with E-state index in [1.54, 1.807) is 0 Å². The molecule has 0 aliphatic heterocycles. The first-order valence-electron chi connectivity index (χ1n) is 3.58. The maximum Gasteiger partial charge on any atom is 0.0719 e. The van der Waals surface area contributed by atoms with Crippen LogP contribution in [0, 0.1) is 20.8 Å². The van der Waals surface area contributed by atoms with Crippen molar-refractivity contribution in [1.29, 1.82) is 0 Å². The van der Waals surface area contributed by atoms with Crippen molar-refractivity contribution >= 4 is 30.9 Å². The average molecular weight is 174 g/mol. The van der Waals surface area contributed by atoms with Crippen LogP contribution in [0.3, 0.4) is 0 Å². The number of hydrogen-bond donors (Lipinski definition) is 0. The normalized spacial score (nSPS) is 10.3. The van der Waals surface area contributed by atoms with Gasteiger partial charge in [0.2, 0.25) is 0 Å². The van der Waals surface area contributed by atoms with Crippen molar-refractivity contribution in [3.63, 3.8) is 0 Å². The van der Waals surface area contributed by atoms with E-state index in [2.05, 4.69) is 47.3 Å². The van der Waals surface area contributed by atoms with Crippen molar-refractivity contribution in [2.45, 2.75) is 20.8 Å². The van der Waals surface area contributed by atoms with E-state index >= 15 is 0 Å². The summed E-state index contributed by atoms with van der Waals surface area (Å²) in [5.74, 6) is 0. The van der Waals surface area contributed by atoms with Crippen LogP contribution in [-0.4, -0.2) is 20.5 Å². The molecule has 1 aromatic rings. The predicted octanol–water partition coefficient (Wildman–Crippen LogP) is 0.199. The monoisotopic (exact) mass is 174 g/mol. The predicted molar refractivity (Wildman–Crippen MR) is 51.4 cm³/mol. The van der Waals surface area contributed by atoms with Crippen LogP contribution >= 0.6 is 0 Å². The number of hydrogen-bond acceptors (Lipinski definition) is 0. The van der Waals surface area contributed by atoms with Crippen LogP contribution in [0.1, 0.15) is 16.7 Å². The molecule has 0 spiro atoms. The van der Waals surface area contributed by atoms with Gasteiger partial charge in [0.05, 0.1) is 20.5 Å². The Labute approximate surface area is 74.9 Å². The van der Waals surface area contributed by atoms with Crippen molar-refractivity contribution < 1.29 is 0 Å². The van der Waals surface area contributed by atoms with Gasteiger partial charge >= 0.3 is 0 Å². The Morgan fingerprint density at radius 2 is 1.55 bits per heavy atom. The Morgan fingerprint density at radius 1 is 1.00 bits per heavy atom. The zero-order valence-corrected chi connectivity index (χ0v) is 9.08. The second kappa shape index (κ2) is 2.95. The van der Waals surface area contributed by atoms with Gasteiger partial charge in [-0.05, 0) is 31.9 Å². The maximum atomic E-state index is 3.60. The quantitative estimate of drug-likeness (QED) is 0.493. The fourth-order valence-electron chi connectivity index (χ4n) is 1.05. The van der Waals surface area contributed by atoms with Crippen LogP contribution in [0.15, 0.2) is 6.07 Å². The summed E-state index contributed by atoms with van der Waals surface area (Å²) in [6, 6.07) is 2.14. The lowest BCUT2D eigenvalue weighted by molar-refractivity contribution is 1.35. The largest absolute Gasteiger partial charge is 0.0719 e. The highest BCUT2D eigenvalue weighted by molar-refractivity contribution is 6.40. The summed E-state index contributed by atoms with van der Waals surface area (Å²) in [6.45, 7) is 6.33. The summed E-state index contributed by atoms with van der Waals surface area (Å²) >= 11 is 0. The van der Waals surface area contributed by atoms with Gasteiger partial charge in [-0.25, -0.2) is 0 Å². The highest BCUT2D eigenvalue weighted by Gasteiger charge is 2.02. The molecule has 11 heavy (non-hydrogen) atoms. The average Bonchev–Trinajstić information content (AvgIpc) is 1.97. The Kier molecular flexibility index (Phi) is 2.35. The summed E-state index contributed by atoms with van der Waals surface area (Å²) in [6.07, 6.45) is 0. The van der Waals surface area contributed by atoms with E-state index in [-0.39, 0.29) is 0 Å². The van der Waals surface area contributed by atoms with E-state index < -0.39 is 0 Å². The van der Waals surface area contributed by atoms with Crippen LogP contribution < -0.4 is 10.4 Å². The summed E-state index contributed by atoms with van der Waals surface area (Å²) in [4.78, 5) is 0. The summed E-state index contributed by atoms with van der Waals surface area (Å²) < 4.78 is 0. The topological polar surface area (TPSA) is 0 Å². The van der Waals surface area contributed by atoms with E-state index in [4.69, 9.17) is 0 Å². The van der Waals surface area contributed by atoms with Gasteiger partial charge < -0.3 is 0 Å². The molecule has 0 amide bonds. The summed E-state index contributed by atoms with van der Waals surface area (Å²) in [7, 11) is 7.15. The molecule has 1 rings (SSSR count). The second-order valence-electron chi connectivity index (χ2n) is 2.87. The zero-order chi connectivity index (χ0) is 8.59. The van der Waals surface area contributed by atoms with Crippen molar-refractivity contribution in [3.05, 3.63) is 22.8 Å². The Bertz CT molecular complexity index is 264. The van der Waals surface area contributed by atoms with Gasteiger partial charge in [0, 0.05) is 0 Å². The Balaban J connectivity index is 3.46. The maximum absolute atomic E-state index is 3.60. The van der Waals surface area contributed by atoms with E-state index in [1.807, 2.05) is 0 Å². The van der Waals surface area contributed by atoms with Gasteiger partial charge in [-0.3, -0.25) is 0 Å². The number of aryl methyl sites for hydroxylation is 1. The van der Waals surface area contributed by atoms with Gasteiger partial charge in [0.1, 0.15) is 0 Å². The van der Waals surface area contributed by atoms with Crippen molar-refractivity contribution in [2.75, 3.05) is 0 Å². The van der Waals surface area contributed by atoms with Crippen LogP contribution in [0.5, 0.6) is 0 Å². The van der Waals surface area contributed by atoms with E-state index in [0.717, 1.165) is 5.19 Å². The van der Waals surface area contributed by atoms with Crippen molar-refractivity contribution in [2.24, 2.45) is 0 Å². The van der Waals surface area contributed by atoms with Crippen LogP contribution in [0.25, 0.3) is 0 Å². The molecule has 0 fully saturated rings. The van der Waals surface area contributed by atoms with Gasteiger partial charge in [-0.15, -0.1) is 0 Å². The minimum atomic E-state index is 1.16. The SMILES string of the molecule is Cc1cc([Si])c(C)c([Si])c1C. The third-order valence-electron chi connectivity index (χ3n) is 2.11. The molecule has 54 valence electrons. The van der Waals surface area contributed by atoms with Crippen molar-refractivity contribution in [3.8, 4) is 0 Å². The molecule has 0 saturated carbocycles. The summed E-state index contributed by atoms with van der Waals surface area (Å²) in [5.41, 5.74) is 3.90. The molecule has 0 bridgehead atoms. The third kappa shape index (κ3) is 1.46. The molecule has 1 aromatic carbocycles. The lowest BCUT2D eigenvalue weighted by Gasteiger charge is -2.10. The number of rotatable bonds is 0. The molecular formula is C9H10Si2. The molecular weight excluding hydrogens is 164 g/mol. The minimum absolute atomic E-state index is 1.16. The molecule has 0 aliphatic rings. The molecule has 0 nitrogen and oxygen atoms in total.